The number of phosphoric acid groups is 1. The van der Waals surface area contributed by atoms with Gasteiger partial charge in [-0.15, -0.1) is 0 Å². The second kappa shape index (κ2) is 34.5. The molecule has 4 aromatic rings. The van der Waals surface area contributed by atoms with Crippen LogP contribution in [0.5, 0.6) is 5.75 Å². The van der Waals surface area contributed by atoms with E-state index < -0.39 is 68.8 Å². The molecule has 2 aliphatic heterocycles. The number of carbonyl (C=O) groups excluding carboxylic acids is 4. The van der Waals surface area contributed by atoms with Gasteiger partial charge >= 0.3 is 13.5 Å². The van der Waals surface area contributed by atoms with E-state index in [1.54, 1.807) is 37.1 Å². The van der Waals surface area contributed by atoms with Crippen molar-refractivity contribution >= 4 is 69.7 Å². The van der Waals surface area contributed by atoms with Crippen LogP contribution in [0.25, 0.3) is 43.9 Å². The molecule has 2 unspecified atom stereocenters. The van der Waals surface area contributed by atoms with Crippen LogP contribution in [0.15, 0.2) is 103 Å². The molecule has 7 N–H and O–H groups in total. The molecule has 3 aliphatic rings. The van der Waals surface area contributed by atoms with Crippen molar-refractivity contribution in [2.45, 2.75) is 84.0 Å². The van der Waals surface area contributed by atoms with Crippen molar-refractivity contribution in [2.75, 3.05) is 90.9 Å². The summed E-state index contributed by atoms with van der Waals surface area (Å²) in [5.74, 6) is 4.73. The first-order chi connectivity index (χ1) is 43.7. The van der Waals surface area contributed by atoms with Crippen LogP contribution < -0.4 is 42.6 Å². The molecule has 30 heteroatoms. The van der Waals surface area contributed by atoms with Crippen LogP contribution in [0, 0.1) is 25.7 Å². The van der Waals surface area contributed by atoms with Gasteiger partial charge in [0.25, 0.3) is 17.4 Å². The summed E-state index contributed by atoms with van der Waals surface area (Å²) in [5.41, 5.74) is 14.0. The van der Waals surface area contributed by atoms with E-state index in [0.717, 1.165) is 55.4 Å². The molecule has 1 aromatic heterocycles. The zero-order chi connectivity index (χ0) is 65.6. The third-order valence-corrected chi connectivity index (χ3v) is 16.4. The highest BCUT2D eigenvalue weighted by Crippen LogP contribution is 2.44. The van der Waals surface area contributed by atoms with Crippen LogP contribution in [0.4, 0.5) is 5.69 Å². The Labute approximate surface area is 532 Å². The first kappa shape index (κ1) is 70.5. The molecule has 91 heavy (non-hydrogen) atoms. The van der Waals surface area contributed by atoms with Gasteiger partial charge in [0, 0.05) is 109 Å². The van der Waals surface area contributed by atoms with E-state index in [9.17, 15) is 43.1 Å². The number of aromatic nitrogens is 2. The summed E-state index contributed by atoms with van der Waals surface area (Å²) in [6.07, 6.45) is -0.168. The molecule has 0 bridgehead atoms. The SMILES string of the molecule is CC/N=c1/cc2oc3cc(NCC)c(C)cc3c(-c3ccccc3C(=O)N(C)CCCC(=O)NCCNC(=O)c3cccc(OCC(N=[N+]=[N-])OCCOCC(=O)NCC#Cc4cn([C@H]5CC(O[C@@H](C)SSC)[C@@H](COP(=O)(O)O)O5)c(=O)[nH]c4=O)c3)c-2cc1C. The predicted molar refractivity (Wildman–Crippen MR) is 344 cm³/mol. The molecule has 486 valence electrons. The topological polar surface area (TPSA) is 362 Å². The van der Waals surface area contributed by atoms with Crippen LogP contribution in [0.2, 0.25) is 0 Å². The molecule has 3 heterocycles. The van der Waals surface area contributed by atoms with Gasteiger partial charge in [0.2, 0.25) is 11.8 Å². The Bertz CT molecular complexity index is 3880. The number of amides is 4. The molecule has 1 fully saturated rings. The van der Waals surface area contributed by atoms with E-state index in [4.69, 9.17) is 33.6 Å². The van der Waals surface area contributed by atoms with Gasteiger partial charge in [-0.25, -0.2) is 9.36 Å². The number of aryl methyl sites for hydroxylation is 2. The van der Waals surface area contributed by atoms with Crippen molar-refractivity contribution in [1.29, 1.82) is 0 Å². The first-order valence-electron chi connectivity index (χ1n) is 29.1. The number of carbonyl (C=O) groups is 4. The zero-order valence-electron chi connectivity index (χ0n) is 51.3. The smallest absolute Gasteiger partial charge is 0.469 e. The van der Waals surface area contributed by atoms with Gasteiger partial charge in [-0.2, -0.15) is 0 Å². The van der Waals surface area contributed by atoms with Gasteiger partial charge in [0.15, 0.2) is 6.23 Å². The number of phosphoric ester groups is 1. The number of anilines is 1. The van der Waals surface area contributed by atoms with Crippen molar-refractivity contribution in [3.63, 3.8) is 0 Å². The summed E-state index contributed by atoms with van der Waals surface area (Å²) in [7, 11) is -0.279. The molecule has 0 radical (unpaired) electrons. The summed E-state index contributed by atoms with van der Waals surface area (Å²) < 4.78 is 52.3. The number of nitrogens with zero attached hydrogens (tertiary/aromatic N) is 6. The highest BCUT2D eigenvalue weighted by Gasteiger charge is 2.40. The molecule has 4 amide bonds. The molecule has 3 aromatic carbocycles. The largest absolute Gasteiger partial charge is 0.491 e. The number of rotatable bonds is 32. The lowest BCUT2D eigenvalue weighted by Crippen LogP contribution is -2.35. The predicted octanol–water partition coefficient (Wildman–Crippen LogP) is 6.78. The summed E-state index contributed by atoms with van der Waals surface area (Å²) in [4.78, 5) is 108. The van der Waals surface area contributed by atoms with E-state index in [1.165, 1.54) is 33.9 Å². The zero-order valence-corrected chi connectivity index (χ0v) is 53.9. The molecule has 1 aliphatic carbocycles. The van der Waals surface area contributed by atoms with Crippen LogP contribution in [0.1, 0.15) is 83.7 Å². The van der Waals surface area contributed by atoms with Gasteiger partial charge in [-0.1, -0.05) is 62.8 Å². The molecule has 5 atom stereocenters. The number of ether oxygens (including phenoxy) is 5. The van der Waals surface area contributed by atoms with Gasteiger partial charge < -0.3 is 64.1 Å². The van der Waals surface area contributed by atoms with Gasteiger partial charge in [-0.05, 0) is 106 Å². The molecule has 0 spiro atoms. The fraction of sp³-hybridized carbons (Fsp3) is 0.426. The minimum absolute atomic E-state index is 0.0777. The van der Waals surface area contributed by atoms with E-state index in [-0.39, 0.29) is 86.4 Å². The Balaban J connectivity index is 0.806. The average molecular weight is 1310 g/mol. The second-order valence-electron chi connectivity index (χ2n) is 20.6. The number of benzene rings is 4. The number of nitrogens with one attached hydrogen (secondary N) is 5. The van der Waals surface area contributed by atoms with E-state index in [2.05, 4.69) is 69.8 Å². The monoisotopic (exact) mass is 1310 g/mol. The number of hydrogen-bond acceptors (Lipinski definition) is 19. The Hall–Kier alpha value is -7.97. The summed E-state index contributed by atoms with van der Waals surface area (Å²) in [6, 6.07) is 21.9. The maximum Gasteiger partial charge on any atom is 0.469 e. The van der Waals surface area contributed by atoms with Gasteiger partial charge in [-0.3, -0.25) is 43.0 Å². The van der Waals surface area contributed by atoms with E-state index in [1.807, 2.05) is 70.3 Å². The Morgan fingerprint density at radius 3 is 2.54 bits per heavy atom. The maximum absolute atomic E-state index is 14.3. The molecule has 1 saturated heterocycles. The van der Waals surface area contributed by atoms with Crippen LogP contribution in [-0.2, 0) is 37.6 Å². The molecule has 0 saturated carbocycles. The maximum atomic E-state index is 14.3. The lowest BCUT2D eigenvalue weighted by atomic mass is 9.89. The third-order valence-electron chi connectivity index (χ3n) is 14.0. The summed E-state index contributed by atoms with van der Waals surface area (Å²) >= 11 is 0. The molecular weight excluding hydrogens is 1240 g/mol. The van der Waals surface area contributed by atoms with Crippen molar-refractivity contribution < 1.29 is 66.2 Å². The lowest BCUT2D eigenvalue weighted by molar-refractivity contribution is -0.126. The second-order valence-corrected chi connectivity index (χ2v) is 24.6. The standard InChI is InChI=1S/C61H74N11O16PS2/c1-8-63-47-30-49-45(27-37(47)3)57(46-28-38(4)48(64-9-2)31-50(46)87-49)43-18-10-11-19-44(43)60(77)71(6)24-14-20-53(73)66-22-23-67-58(75)40-15-12-17-42(29-40)84-36-55(69-70-62)83-26-25-82-35-54(74)65-21-13-16-41-33-72(61(78)68-59(41)76)56-32-51(86-39(5)91-90-7)52(88-56)34-85-89(79,80)81/h10-12,15,17-19,27-31,33,39,51-52,55-56,63H,8-9,14,20-26,32,34-36H2,1-7H3,(H,65,74)(H,66,73)(H,67,75)(H,68,76,78)(H2,79,80,81)/b64-48-/t39-,51?,52-,55?,56-/m1/s1. The van der Waals surface area contributed by atoms with E-state index in [0.29, 0.717) is 36.4 Å². The highest BCUT2D eigenvalue weighted by atomic mass is 33.1. The summed E-state index contributed by atoms with van der Waals surface area (Å²) in [5, 5.41) is 16.8. The fourth-order valence-corrected chi connectivity index (χ4v) is 11.5. The fourth-order valence-electron chi connectivity index (χ4n) is 9.78. The minimum atomic E-state index is -4.85. The Kier molecular flexibility index (Phi) is 26.7. The molecule has 7 rings (SSSR count). The number of aromatic amines is 1. The van der Waals surface area contributed by atoms with Crippen molar-refractivity contribution in [1.82, 2.24) is 30.4 Å². The van der Waals surface area contributed by atoms with Gasteiger partial charge in [0.1, 0.15) is 53.6 Å². The van der Waals surface area contributed by atoms with E-state index >= 15 is 0 Å². The van der Waals surface area contributed by atoms with Crippen LogP contribution >= 0.6 is 29.4 Å². The van der Waals surface area contributed by atoms with Gasteiger partial charge in [0.05, 0.1) is 37.8 Å². The highest BCUT2D eigenvalue weighted by molar-refractivity contribution is 8.76. The molecule has 27 nitrogen and oxygen atoms in total. The number of azide groups is 1. The average Bonchev–Trinajstić information content (AvgIpc) is 1.20. The number of hydrogen-bond donors (Lipinski definition) is 7. The van der Waals surface area contributed by atoms with Crippen LogP contribution in [0.3, 0.4) is 0 Å². The first-order valence-corrected chi connectivity index (χ1v) is 33.3. The Morgan fingerprint density at radius 1 is 0.989 bits per heavy atom. The van der Waals surface area contributed by atoms with Crippen LogP contribution in [-0.4, -0.2) is 157 Å². The third kappa shape index (κ3) is 20.5. The lowest BCUT2D eigenvalue weighted by Gasteiger charge is -2.22. The van der Waals surface area contributed by atoms with Crippen molar-refractivity contribution in [2.24, 2.45) is 10.1 Å². The van der Waals surface area contributed by atoms with Crippen molar-refractivity contribution in [3.05, 3.63) is 143 Å². The normalized spacial score (nSPS) is 15.5. The number of fused-ring (bicyclic) bond motifs is 2. The Morgan fingerprint density at radius 2 is 1.78 bits per heavy atom. The molecular formula is C61H74N11O16PS2. The van der Waals surface area contributed by atoms with Crippen molar-refractivity contribution in [3.8, 4) is 40.0 Å². The summed E-state index contributed by atoms with van der Waals surface area (Å²) in [6.45, 7) is 10.2. The quantitative estimate of drug-likeness (QED) is 0.00263. The number of H-pyrrole nitrogens is 1. The minimum Gasteiger partial charge on any atom is -0.491 e.